The molecule has 0 aromatic heterocycles. The van der Waals surface area contributed by atoms with Crippen molar-refractivity contribution in [3.8, 4) is 11.5 Å². The third-order valence-electron chi connectivity index (χ3n) is 5.14. The highest BCUT2D eigenvalue weighted by molar-refractivity contribution is 5.97. The third kappa shape index (κ3) is 7.33. The monoisotopic (exact) mass is 475 g/mol. The minimum atomic E-state index is -0.763. The van der Waals surface area contributed by atoms with Gasteiger partial charge in [-0.2, -0.15) is 0 Å². The number of methoxy groups -OCH3 is 1. The van der Waals surface area contributed by atoms with Crippen LogP contribution in [0.4, 0.5) is 5.69 Å². The second-order valence-corrected chi connectivity index (χ2v) is 7.86. The van der Waals surface area contributed by atoms with Crippen molar-refractivity contribution in [3.05, 3.63) is 89.5 Å². The molecule has 8 heteroatoms. The van der Waals surface area contributed by atoms with Crippen molar-refractivity contribution in [2.24, 2.45) is 0 Å². The Morgan fingerprint density at radius 2 is 1.40 bits per heavy atom. The molecule has 0 spiro atoms. The highest BCUT2D eigenvalue weighted by Crippen LogP contribution is 2.28. The van der Waals surface area contributed by atoms with Gasteiger partial charge in [0.25, 0.3) is 17.7 Å². The van der Waals surface area contributed by atoms with Gasteiger partial charge in [0.2, 0.25) is 0 Å². The SMILES string of the molecule is COc1cc(C)ccc1OC(C)C(=O)Nc1ccc(C(=O)NCCNC(=O)c2ccccc2)cc1. The van der Waals surface area contributed by atoms with E-state index in [1.165, 1.54) is 0 Å². The standard InChI is InChI=1S/C27H29N3O5/c1-18-9-14-23(24(17-18)34-3)35-19(2)25(31)30-22-12-10-21(11-13-22)27(33)29-16-15-28-26(32)20-7-5-4-6-8-20/h4-14,17,19H,15-16H2,1-3H3,(H,28,32)(H,29,33)(H,30,31). The zero-order valence-corrected chi connectivity index (χ0v) is 20.0. The van der Waals surface area contributed by atoms with Crippen LogP contribution in [-0.2, 0) is 4.79 Å². The van der Waals surface area contributed by atoms with E-state index in [2.05, 4.69) is 16.0 Å². The summed E-state index contributed by atoms with van der Waals surface area (Å²) in [5.41, 5.74) is 2.56. The minimum absolute atomic E-state index is 0.195. The minimum Gasteiger partial charge on any atom is -0.493 e. The average molecular weight is 476 g/mol. The van der Waals surface area contributed by atoms with Gasteiger partial charge in [-0.1, -0.05) is 24.3 Å². The lowest BCUT2D eigenvalue weighted by Crippen LogP contribution is -2.34. The molecular formula is C27H29N3O5. The van der Waals surface area contributed by atoms with Crippen molar-refractivity contribution in [2.45, 2.75) is 20.0 Å². The normalized spacial score (nSPS) is 11.2. The number of benzene rings is 3. The fraction of sp³-hybridized carbons (Fsp3) is 0.222. The number of nitrogens with one attached hydrogen (secondary N) is 3. The van der Waals surface area contributed by atoms with Crippen molar-refractivity contribution in [1.29, 1.82) is 0 Å². The van der Waals surface area contributed by atoms with Crippen molar-refractivity contribution in [1.82, 2.24) is 10.6 Å². The van der Waals surface area contributed by atoms with Gasteiger partial charge in [0, 0.05) is 29.9 Å². The molecule has 0 aliphatic carbocycles. The van der Waals surface area contributed by atoms with Gasteiger partial charge < -0.3 is 25.4 Å². The Balaban J connectivity index is 1.45. The Morgan fingerprint density at radius 3 is 2.00 bits per heavy atom. The van der Waals surface area contributed by atoms with Crippen LogP contribution < -0.4 is 25.4 Å². The predicted molar refractivity (Wildman–Crippen MR) is 134 cm³/mol. The Morgan fingerprint density at radius 1 is 0.800 bits per heavy atom. The van der Waals surface area contributed by atoms with Crippen molar-refractivity contribution in [3.63, 3.8) is 0 Å². The summed E-state index contributed by atoms with van der Waals surface area (Å²) in [6.07, 6.45) is -0.763. The van der Waals surface area contributed by atoms with E-state index < -0.39 is 6.10 Å². The first-order chi connectivity index (χ1) is 16.9. The summed E-state index contributed by atoms with van der Waals surface area (Å²) in [6, 6.07) is 20.8. The number of anilines is 1. The van der Waals surface area contributed by atoms with Gasteiger partial charge in [0.15, 0.2) is 17.6 Å². The Kier molecular flexibility index (Phi) is 8.83. The summed E-state index contributed by atoms with van der Waals surface area (Å²) >= 11 is 0. The van der Waals surface area contributed by atoms with E-state index >= 15 is 0 Å². The Bertz CT molecular complexity index is 1160. The highest BCUT2D eigenvalue weighted by Gasteiger charge is 2.17. The van der Waals surface area contributed by atoms with Crippen LogP contribution in [0.2, 0.25) is 0 Å². The van der Waals surface area contributed by atoms with Crippen molar-refractivity contribution < 1.29 is 23.9 Å². The summed E-state index contributed by atoms with van der Waals surface area (Å²) in [5.74, 6) is 0.227. The van der Waals surface area contributed by atoms with Gasteiger partial charge in [0.1, 0.15) is 0 Å². The summed E-state index contributed by atoms with van der Waals surface area (Å²) in [5, 5.41) is 8.28. The molecule has 1 unspecified atom stereocenters. The molecule has 0 radical (unpaired) electrons. The zero-order valence-electron chi connectivity index (χ0n) is 20.0. The zero-order chi connectivity index (χ0) is 25.2. The second kappa shape index (κ2) is 12.2. The molecule has 0 fully saturated rings. The van der Waals surface area contributed by atoms with E-state index in [1.54, 1.807) is 68.6 Å². The van der Waals surface area contributed by atoms with Crippen LogP contribution in [0.15, 0.2) is 72.8 Å². The highest BCUT2D eigenvalue weighted by atomic mass is 16.5. The molecule has 0 bridgehead atoms. The van der Waals surface area contributed by atoms with E-state index in [-0.39, 0.29) is 24.3 Å². The molecule has 3 aromatic carbocycles. The number of hydrogen-bond acceptors (Lipinski definition) is 5. The van der Waals surface area contributed by atoms with Crippen LogP contribution in [0.5, 0.6) is 11.5 Å². The second-order valence-electron chi connectivity index (χ2n) is 7.86. The number of ether oxygens (including phenoxy) is 2. The van der Waals surface area contributed by atoms with Gasteiger partial charge in [-0.25, -0.2) is 0 Å². The molecule has 35 heavy (non-hydrogen) atoms. The fourth-order valence-corrected chi connectivity index (χ4v) is 3.21. The first-order valence-corrected chi connectivity index (χ1v) is 11.2. The molecule has 0 saturated heterocycles. The molecule has 182 valence electrons. The number of amides is 3. The smallest absolute Gasteiger partial charge is 0.265 e. The summed E-state index contributed by atoms with van der Waals surface area (Å²) in [7, 11) is 1.55. The lowest BCUT2D eigenvalue weighted by molar-refractivity contribution is -0.122. The molecule has 3 rings (SSSR count). The number of hydrogen-bond donors (Lipinski definition) is 3. The first kappa shape index (κ1) is 25.3. The van der Waals surface area contributed by atoms with Crippen LogP contribution >= 0.6 is 0 Å². The van der Waals surface area contributed by atoms with Gasteiger partial charge in [-0.15, -0.1) is 0 Å². The molecule has 0 aliphatic heterocycles. The molecule has 1 atom stereocenters. The largest absolute Gasteiger partial charge is 0.493 e. The van der Waals surface area contributed by atoms with Crippen LogP contribution in [-0.4, -0.2) is 44.0 Å². The molecule has 3 aromatic rings. The van der Waals surface area contributed by atoms with Crippen LogP contribution in [0.1, 0.15) is 33.2 Å². The average Bonchev–Trinajstić information content (AvgIpc) is 2.88. The fourth-order valence-electron chi connectivity index (χ4n) is 3.21. The molecule has 0 heterocycles. The molecule has 3 amide bonds. The van der Waals surface area contributed by atoms with Gasteiger partial charge >= 0.3 is 0 Å². The predicted octanol–water partition coefficient (Wildman–Crippen LogP) is 3.57. The molecule has 8 nitrogen and oxygen atoms in total. The van der Waals surface area contributed by atoms with E-state index in [4.69, 9.17) is 9.47 Å². The van der Waals surface area contributed by atoms with Crippen molar-refractivity contribution >= 4 is 23.4 Å². The third-order valence-corrected chi connectivity index (χ3v) is 5.14. The van der Waals surface area contributed by atoms with Gasteiger partial charge in [-0.05, 0) is 67.9 Å². The molecular weight excluding hydrogens is 446 g/mol. The number of rotatable bonds is 10. The van der Waals surface area contributed by atoms with E-state index in [0.717, 1.165) is 5.56 Å². The Labute approximate surface area is 204 Å². The van der Waals surface area contributed by atoms with Gasteiger partial charge in [0.05, 0.1) is 7.11 Å². The number of aryl methyl sites for hydroxylation is 1. The van der Waals surface area contributed by atoms with Crippen LogP contribution in [0.25, 0.3) is 0 Å². The van der Waals surface area contributed by atoms with Crippen molar-refractivity contribution in [2.75, 3.05) is 25.5 Å². The summed E-state index contributed by atoms with van der Waals surface area (Å²) in [6.45, 7) is 4.17. The van der Waals surface area contributed by atoms with Gasteiger partial charge in [-0.3, -0.25) is 14.4 Å². The maximum Gasteiger partial charge on any atom is 0.265 e. The maximum atomic E-state index is 12.5. The summed E-state index contributed by atoms with van der Waals surface area (Å²) in [4.78, 5) is 36.9. The quantitative estimate of drug-likeness (QED) is 0.389. The molecule has 0 aliphatic rings. The maximum absolute atomic E-state index is 12.5. The molecule has 0 saturated carbocycles. The number of carbonyl (C=O) groups is 3. The van der Waals surface area contributed by atoms with E-state index in [9.17, 15) is 14.4 Å². The van der Waals surface area contributed by atoms with Crippen LogP contribution in [0, 0.1) is 6.92 Å². The van der Waals surface area contributed by atoms with E-state index in [1.807, 2.05) is 25.1 Å². The topological polar surface area (TPSA) is 106 Å². The first-order valence-electron chi connectivity index (χ1n) is 11.2. The number of carbonyl (C=O) groups excluding carboxylic acids is 3. The molecule has 3 N–H and O–H groups in total. The summed E-state index contributed by atoms with van der Waals surface area (Å²) < 4.78 is 11.1. The van der Waals surface area contributed by atoms with Crippen LogP contribution in [0.3, 0.4) is 0 Å². The lowest BCUT2D eigenvalue weighted by atomic mass is 10.2. The lowest BCUT2D eigenvalue weighted by Gasteiger charge is -2.17. The van der Waals surface area contributed by atoms with E-state index in [0.29, 0.717) is 34.9 Å². The Hall–Kier alpha value is -4.33.